The Kier molecular flexibility index (Phi) is 3.20. The van der Waals surface area contributed by atoms with Gasteiger partial charge in [-0.25, -0.2) is 0 Å². The molecule has 3 nitrogen and oxygen atoms in total. The van der Waals surface area contributed by atoms with E-state index in [1.54, 1.807) is 37.3 Å². The maximum Gasteiger partial charge on any atom is 0.145 e. The summed E-state index contributed by atoms with van der Waals surface area (Å²) in [7, 11) is 0. The summed E-state index contributed by atoms with van der Waals surface area (Å²) in [6.45, 7) is 3.69. The van der Waals surface area contributed by atoms with Gasteiger partial charge in [0, 0.05) is 5.56 Å². The SMILES string of the molecule is Cc1ccc(Oc2cccc(O)c2C)c(C#N)c1. The van der Waals surface area contributed by atoms with Crippen LogP contribution in [-0.2, 0) is 0 Å². The van der Waals surface area contributed by atoms with E-state index in [1.807, 2.05) is 13.0 Å². The standard InChI is InChI=1S/C15H13NO2/c1-10-6-7-15(12(8-10)9-16)18-14-5-3-4-13(17)11(14)2/h3-8,17H,1-2H3. The molecule has 0 spiro atoms. The number of hydrogen-bond donors (Lipinski definition) is 1. The second-order valence-electron chi connectivity index (χ2n) is 4.11. The van der Waals surface area contributed by atoms with Gasteiger partial charge in [0.1, 0.15) is 23.3 Å². The number of nitrogens with zero attached hydrogens (tertiary/aromatic N) is 1. The Hall–Kier alpha value is -2.47. The first-order valence-corrected chi connectivity index (χ1v) is 5.59. The van der Waals surface area contributed by atoms with E-state index >= 15 is 0 Å². The van der Waals surface area contributed by atoms with Crippen molar-refractivity contribution in [3.05, 3.63) is 53.1 Å². The highest BCUT2D eigenvalue weighted by atomic mass is 16.5. The maximum atomic E-state index is 9.60. The quantitative estimate of drug-likeness (QED) is 0.869. The zero-order valence-electron chi connectivity index (χ0n) is 10.3. The van der Waals surface area contributed by atoms with Crippen molar-refractivity contribution < 1.29 is 9.84 Å². The van der Waals surface area contributed by atoms with Gasteiger partial charge in [-0.05, 0) is 43.7 Å². The van der Waals surface area contributed by atoms with Crippen LogP contribution in [-0.4, -0.2) is 5.11 Å². The third-order valence-corrected chi connectivity index (χ3v) is 2.73. The number of aromatic hydroxyl groups is 1. The Morgan fingerprint density at radius 1 is 1.11 bits per heavy atom. The Bertz CT molecular complexity index is 627. The molecule has 3 heteroatoms. The Morgan fingerprint density at radius 3 is 2.61 bits per heavy atom. The number of benzene rings is 2. The van der Waals surface area contributed by atoms with Gasteiger partial charge in [0.05, 0.1) is 5.56 Å². The van der Waals surface area contributed by atoms with Crippen LogP contribution in [0.25, 0.3) is 0 Å². The van der Waals surface area contributed by atoms with E-state index in [0.717, 1.165) is 5.56 Å². The minimum Gasteiger partial charge on any atom is -0.508 e. The first-order chi connectivity index (χ1) is 8.61. The fraction of sp³-hybridized carbons (Fsp3) is 0.133. The van der Waals surface area contributed by atoms with Crippen LogP contribution >= 0.6 is 0 Å². The van der Waals surface area contributed by atoms with Crippen LogP contribution in [0.1, 0.15) is 16.7 Å². The number of ether oxygens (including phenoxy) is 1. The van der Waals surface area contributed by atoms with Gasteiger partial charge >= 0.3 is 0 Å². The Morgan fingerprint density at radius 2 is 1.89 bits per heavy atom. The highest BCUT2D eigenvalue weighted by Crippen LogP contribution is 2.32. The molecule has 2 aromatic carbocycles. The lowest BCUT2D eigenvalue weighted by molar-refractivity contribution is 0.447. The Balaban J connectivity index is 2.41. The molecule has 90 valence electrons. The first-order valence-electron chi connectivity index (χ1n) is 5.59. The summed E-state index contributed by atoms with van der Waals surface area (Å²) in [4.78, 5) is 0. The lowest BCUT2D eigenvalue weighted by Gasteiger charge is -2.11. The van der Waals surface area contributed by atoms with Crippen molar-refractivity contribution in [2.45, 2.75) is 13.8 Å². The molecule has 18 heavy (non-hydrogen) atoms. The Labute approximate surface area is 106 Å². The van der Waals surface area contributed by atoms with Crippen LogP contribution in [0, 0.1) is 25.2 Å². The maximum absolute atomic E-state index is 9.60. The normalized spacial score (nSPS) is 9.83. The zero-order valence-corrected chi connectivity index (χ0v) is 10.3. The second kappa shape index (κ2) is 4.80. The van der Waals surface area contributed by atoms with Gasteiger partial charge in [0.2, 0.25) is 0 Å². The molecule has 0 saturated heterocycles. The molecule has 0 atom stereocenters. The van der Waals surface area contributed by atoms with Gasteiger partial charge in [0.25, 0.3) is 0 Å². The largest absolute Gasteiger partial charge is 0.508 e. The summed E-state index contributed by atoms with van der Waals surface area (Å²) in [5.74, 6) is 1.23. The summed E-state index contributed by atoms with van der Waals surface area (Å²) >= 11 is 0. The lowest BCUT2D eigenvalue weighted by Crippen LogP contribution is -1.91. The summed E-state index contributed by atoms with van der Waals surface area (Å²) in [5.41, 5.74) is 2.14. The number of rotatable bonds is 2. The van der Waals surface area contributed by atoms with Crippen molar-refractivity contribution in [1.82, 2.24) is 0 Å². The van der Waals surface area contributed by atoms with Crippen LogP contribution in [0.15, 0.2) is 36.4 Å². The van der Waals surface area contributed by atoms with Gasteiger partial charge < -0.3 is 9.84 Å². The van der Waals surface area contributed by atoms with Crippen LogP contribution in [0.3, 0.4) is 0 Å². The molecule has 0 bridgehead atoms. The molecule has 0 aliphatic rings. The van der Waals surface area contributed by atoms with E-state index in [9.17, 15) is 5.11 Å². The van der Waals surface area contributed by atoms with Gasteiger partial charge in [-0.2, -0.15) is 5.26 Å². The minimum atomic E-state index is 0.179. The van der Waals surface area contributed by atoms with Crippen LogP contribution in [0.2, 0.25) is 0 Å². The molecule has 0 aliphatic heterocycles. The van der Waals surface area contributed by atoms with Crippen molar-refractivity contribution >= 4 is 0 Å². The van der Waals surface area contributed by atoms with Crippen LogP contribution in [0.4, 0.5) is 0 Å². The summed E-state index contributed by atoms with van der Waals surface area (Å²) in [6, 6.07) is 12.6. The van der Waals surface area contributed by atoms with Crippen LogP contribution < -0.4 is 4.74 Å². The second-order valence-corrected chi connectivity index (χ2v) is 4.11. The van der Waals surface area contributed by atoms with E-state index < -0.39 is 0 Å². The van der Waals surface area contributed by atoms with Gasteiger partial charge in [0.15, 0.2) is 0 Å². The number of nitriles is 1. The average molecular weight is 239 g/mol. The van der Waals surface area contributed by atoms with E-state index in [0.29, 0.717) is 22.6 Å². The van der Waals surface area contributed by atoms with Gasteiger partial charge in [-0.1, -0.05) is 12.1 Å². The molecule has 1 N–H and O–H groups in total. The predicted octanol–water partition coefficient (Wildman–Crippen LogP) is 3.67. The zero-order chi connectivity index (χ0) is 13.1. The molecule has 0 fully saturated rings. The van der Waals surface area contributed by atoms with Crippen molar-refractivity contribution in [3.8, 4) is 23.3 Å². The molecule has 0 aromatic heterocycles. The molecule has 2 rings (SSSR count). The highest BCUT2D eigenvalue weighted by Gasteiger charge is 2.08. The lowest BCUT2D eigenvalue weighted by atomic mass is 10.1. The molecule has 2 aromatic rings. The van der Waals surface area contributed by atoms with Gasteiger partial charge in [-0.3, -0.25) is 0 Å². The van der Waals surface area contributed by atoms with Crippen molar-refractivity contribution in [2.75, 3.05) is 0 Å². The van der Waals surface area contributed by atoms with Crippen molar-refractivity contribution in [3.63, 3.8) is 0 Å². The predicted molar refractivity (Wildman–Crippen MR) is 68.8 cm³/mol. The number of aryl methyl sites for hydroxylation is 1. The fourth-order valence-corrected chi connectivity index (χ4v) is 1.65. The third kappa shape index (κ3) is 2.28. The summed E-state index contributed by atoms with van der Waals surface area (Å²) in [6.07, 6.45) is 0. The van der Waals surface area contributed by atoms with Crippen molar-refractivity contribution in [2.24, 2.45) is 0 Å². The van der Waals surface area contributed by atoms with Gasteiger partial charge in [-0.15, -0.1) is 0 Å². The summed E-state index contributed by atoms with van der Waals surface area (Å²) in [5, 5.41) is 18.7. The number of hydrogen-bond acceptors (Lipinski definition) is 3. The topological polar surface area (TPSA) is 53.2 Å². The summed E-state index contributed by atoms with van der Waals surface area (Å²) < 4.78 is 5.68. The highest BCUT2D eigenvalue weighted by molar-refractivity contribution is 5.50. The number of phenolic OH excluding ortho intramolecular Hbond substituents is 1. The molecule has 0 saturated carbocycles. The van der Waals surface area contributed by atoms with E-state index in [4.69, 9.17) is 10.00 Å². The smallest absolute Gasteiger partial charge is 0.145 e. The number of phenols is 1. The molecular formula is C15H13NO2. The van der Waals surface area contributed by atoms with E-state index in [-0.39, 0.29) is 5.75 Å². The minimum absolute atomic E-state index is 0.179. The van der Waals surface area contributed by atoms with E-state index in [1.165, 1.54) is 0 Å². The fourth-order valence-electron chi connectivity index (χ4n) is 1.65. The molecule has 0 amide bonds. The van der Waals surface area contributed by atoms with E-state index in [2.05, 4.69) is 6.07 Å². The molecule has 0 aliphatic carbocycles. The molecule has 0 radical (unpaired) electrons. The van der Waals surface area contributed by atoms with Crippen molar-refractivity contribution in [1.29, 1.82) is 5.26 Å². The molecule has 0 heterocycles. The van der Waals surface area contributed by atoms with Crippen LogP contribution in [0.5, 0.6) is 17.2 Å². The average Bonchev–Trinajstić information content (AvgIpc) is 2.37. The monoisotopic (exact) mass is 239 g/mol. The molecule has 0 unspecified atom stereocenters. The third-order valence-electron chi connectivity index (χ3n) is 2.73. The molecular weight excluding hydrogens is 226 g/mol. The first kappa shape index (κ1) is 12.0.